The summed E-state index contributed by atoms with van der Waals surface area (Å²) in [4.78, 5) is 26.7. The van der Waals surface area contributed by atoms with E-state index in [1.807, 2.05) is 18.2 Å². The Morgan fingerprint density at radius 2 is 1.77 bits per heavy atom. The van der Waals surface area contributed by atoms with Gasteiger partial charge in [0.05, 0.1) is 6.54 Å². The Morgan fingerprint density at radius 3 is 2.53 bits per heavy atom. The molecule has 2 aromatic rings. The molecule has 30 heavy (non-hydrogen) atoms. The van der Waals surface area contributed by atoms with Crippen LogP contribution in [0, 0.1) is 5.82 Å². The van der Waals surface area contributed by atoms with Crippen LogP contribution in [0.15, 0.2) is 47.6 Å². The van der Waals surface area contributed by atoms with Gasteiger partial charge in [0.2, 0.25) is 5.91 Å². The molecule has 0 fully saturated rings. The summed E-state index contributed by atoms with van der Waals surface area (Å²) in [7, 11) is 1.70. The molecule has 2 aliphatic heterocycles. The summed E-state index contributed by atoms with van der Waals surface area (Å²) in [5.74, 6) is 0.631. The monoisotopic (exact) mass is 411 g/mol. The van der Waals surface area contributed by atoms with Crippen molar-refractivity contribution in [3.63, 3.8) is 0 Å². The van der Waals surface area contributed by atoms with Gasteiger partial charge in [0.25, 0.3) is 5.91 Å². The van der Waals surface area contributed by atoms with Crippen LogP contribution in [-0.2, 0) is 22.7 Å². The normalized spacial score (nSPS) is 15.6. The highest BCUT2D eigenvalue weighted by molar-refractivity contribution is 6.39. The Hall–Kier alpha value is -3.42. The van der Waals surface area contributed by atoms with Crippen LogP contribution in [0.2, 0.25) is 0 Å². The zero-order valence-electron chi connectivity index (χ0n) is 16.6. The number of hydrogen-bond donors (Lipinski definition) is 0. The van der Waals surface area contributed by atoms with Gasteiger partial charge in [-0.1, -0.05) is 18.2 Å². The van der Waals surface area contributed by atoms with Gasteiger partial charge in [0.15, 0.2) is 11.5 Å². The minimum Gasteiger partial charge on any atom is -0.486 e. The molecule has 4 rings (SSSR count). The molecule has 156 valence electrons. The van der Waals surface area contributed by atoms with E-state index >= 15 is 0 Å². The van der Waals surface area contributed by atoms with E-state index in [1.165, 1.54) is 17.1 Å². The molecule has 2 aliphatic rings. The summed E-state index contributed by atoms with van der Waals surface area (Å²) >= 11 is 0. The molecule has 8 heteroatoms. The number of hydrogen-bond acceptors (Lipinski definition) is 5. The molecule has 0 radical (unpaired) electrons. The van der Waals surface area contributed by atoms with Gasteiger partial charge < -0.3 is 14.4 Å². The molecule has 0 spiro atoms. The number of carbonyl (C=O) groups excluding carboxylic acids is 2. The minimum atomic E-state index is -0.344. The maximum atomic E-state index is 13.1. The minimum absolute atomic E-state index is 0.162. The first-order valence-electron chi connectivity index (χ1n) is 9.76. The van der Waals surface area contributed by atoms with Gasteiger partial charge in [-0.05, 0) is 35.4 Å². The molecule has 0 N–H and O–H groups in total. The number of ether oxygens (including phenoxy) is 2. The standard InChI is InChI=1S/C22H22FN3O4/c1-25(13-16-4-8-19-20(12-16)30-11-10-29-19)22(28)18-7-9-21(27)26(24-18)14-15-2-5-17(23)6-3-15/h2-6,8,12H,7,9-11,13-14H2,1H3. The lowest BCUT2D eigenvalue weighted by Crippen LogP contribution is -2.39. The van der Waals surface area contributed by atoms with Gasteiger partial charge in [-0.25, -0.2) is 9.40 Å². The average molecular weight is 411 g/mol. The van der Waals surface area contributed by atoms with Crippen molar-refractivity contribution in [3.8, 4) is 11.5 Å². The van der Waals surface area contributed by atoms with Crippen molar-refractivity contribution in [1.82, 2.24) is 9.91 Å². The Labute approximate surface area is 173 Å². The van der Waals surface area contributed by atoms with Crippen molar-refractivity contribution in [1.29, 1.82) is 0 Å². The van der Waals surface area contributed by atoms with E-state index in [0.717, 1.165) is 11.1 Å². The highest BCUT2D eigenvalue weighted by Crippen LogP contribution is 2.31. The molecular weight excluding hydrogens is 389 g/mol. The van der Waals surface area contributed by atoms with Crippen LogP contribution in [0.3, 0.4) is 0 Å². The molecular formula is C22H22FN3O4. The fraction of sp³-hybridized carbons (Fsp3) is 0.318. The lowest BCUT2D eigenvalue weighted by atomic mass is 10.1. The molecule has 0 aliphatic carbocycles. The van der Waals surface area contributed by atoms with Crippen LogP contribution in [-0.4, -0.2) is 47.7 Å². The van der Waals surface area contributed by atoms with Crippen LogP contribution in [0.4, 0.5) is 4.39 Å². The van der Waals surface area contributed by atoms with Crippen molar-refractivity contribution in [3.05, 3.63) is 59.4 Å². The zero-order chi connectivity index (χ0) is 21.1. The highest BCUT2D eigenvalue weighted by Gasteiger charge is 2.26. The number of fused-ring (bicyclic) bond motifs is 1. The number of halogens is 1. The molecule has 2 aromatic carbocycles. The third kappa shape index (κ3) is 4.42. The van der Waals surface area contributed by atoms with E-state index < -0.39 is 0 Å². The fourth-order valence-electron chi connectivity index (χ4n) is 3.39. The number of nitrogens with zero attached hydrogens (tertiary/aromatic N) is 3. The summed E-state index contributed by atoms with van der Waals surface area (Å²) in [6.45, 7) is 1.60. The summed E-state index contributed by atoms with van der Waals surface area (Å²) in [6.07, 6.45) is 0.507. The molecule has 0 unspecified atom stereocenters. The van der Waals surface area contributed by atoms with Gasteiger partial charge in [0, 0.05) is 26.4 Å². The first kappa shape index (κ1) is 19.9. The maximum Gasteiger partial charge on any atom is 0.270 e. The number of benzene rings is 2. The van der Waals surface area contributed by atoms with E-state index in [9.17, 15) is 14.0 Å². The van der Waals surface area contributed by atoms with Crippen molar-refractivity contribution < 1.29 is 23.5 Å². The second-order valence-corrected chi connectivity index (χ2v) is 7.26. The largest absolute Gasteiger partial charge is 0.486 e. The fourth-order valence-corrected chi connectivity index (χ4v) is 3.39. The van der Waals surface area contributed by atoms with Gasteiger partial charge in [-0.2, -0.15) is 5.10 Å². The first-order valence-corrected chi connectivity index (χ1v) is 9.76. The molecule has 7 nitrogen and oxygen atoms in total. The second kappa shape index (κ2) is 8.52. The van der Waals surface area contributed by atoms with E-state index in [1.54, 1.807) is 24.1 Å². The van der Waals surface area contributed by atoms with Gasteiger partial charge in [-0.3, -0.25) is 9.59 Å². The Kier molecular flexibility index (Phi) is 5.65. The Bertz CT molecular complexity index is 990. The van der Waals surface area contributed by atoms with Crippen molar-refractivity contribution in [2.45, 2.75) is 25.9 Å². The Balaban J connectivity index is 1.44. The lowest BCUT2D eigenvalue weighted by Gasteiger charge is -2.26. The van der Waals surface area contributed by atoms with Crippen molar-refractivity contribution >= 4 is 17.5 Å². The summed E-state index contributed by atoms with van der Waals surface area (Å²) in [5.41, 5.74) is 1.98. The van der Waals surface area contributed by atoms with Gasteiger partial charge in [0.1, 0.15) is 24.7 Å². The molecule has 0 aromatic heterocycles. The van der Waals surface area contributed by atoms with Crippen molar-refractivity contribution in [2.24, 2.45) is 5.10 Å². The van der Waals surface area contributed by atoms with E-state index in [0.29, 0.717) is 43.4 Å². The molecule has 2 heterocycles. The molecule has 0 atom stereocenters. The van der Waals surface area contributed by atoms with Crippen LogP contribution < -0.4 is 9.47 Å². The predicted octanol–water partition coefficient (Wildman–Crippen LogP) is 2.73. The quantitative estimate of drug-likeness (QED) is 0.759. The molecule has 2 amide bonds. The van der Waals surface area contributed by atoms with E-state index in [4.69, 9.17) is 9.47 Å². The molecule has 0 saturated carbocycles. The third-order valence-corrected chi connectivity index (χ3v) is 4.97. The second-order valence-electron chi connectivity index (χ2n) is 7.26. The first-order chi connectivity index (χ1) is 14.5. The van der Waals surface area contributed by atoms with Gasteiger partial charge >= 0.3 is 0 Å². The maximum absolute atomic E-state index is 13.1. The number of rotatable bonds is 5. The SMILES string of the molecule is CN(Cc1ccc2c(c1)OCCO2)C(=O)C1=NN(Cc2ccc(F)cc2)C(=O)CC1. The number of carbonyl (C=O) groups is 2. The van der Waals surface area contributed by atoms with Crippen LogP contribution in [0.5, 0.6) is 11.5 Å². The summed E-state index contributed by atoms with van der Waals surface area (Å²) in [5, 5.41) is 5.56. The molecule has 0 saturated heterocycles. The van der Waals surface area contributed by atoms with Crippen LogP contribution in [0.1, 0.15) is 24.0 Å². The lowest BCUT2D eigenvalue weighted by molar-refractivity contribution is -0.132. The number of hydrazone groups is 1. The van der Waals surface area contributed by atoms with Crippen LogP contribution >= 0.6 is 0 Å². The number of amides is 2. The van der Waals surface area contributed by atoms with E-state index in [-0.39, 0.29) is 30.6 Å². The van der Waals surface area contributed by atoms with Crippen molar-refractivity contribution in [2.75, 3.05) is 20.3 Å². The summed E-state index contributed by atoms with van der Waals surface area (Å²) < 4.78 is 24.2. The Morgan fingerprint density at radius 1 is 1.07 bits per heavy atom. The van der Waals surface area contributed by atoms with Crippen LogP contribution in [0.25, 0.3) is 0 Å². The zero-order valence-corrected chi connectivity index (χ0v) is 16.6. The summed E-state index contributed by atoms with van der Waals surface area (Å²) in [6, 6.07) is 11.5. The smallest absolute Gasteiger partial charge is 0.270 e. The topological polar surface area (TPSA) is 71.4 Å². The van der Waals surface area contributed by atoms with Gasteiger partial charge in [-0.15, -0.1) is 0 Å². The third-order valence-electron chi connectivity index (χ3n) is 4.97. The highest BCUT2D eigenvalue weighted by atomic mass is 19.1. The van der Waals surface area contributed by atoms with E-state index in [2.05, 4.69) is 5.10 Å². The average Bonchev–Trinajstić information content (AvgIpc) is 2.76. The predicted molar refractivity (Wildman–Crippen MR) is 108 cm³/mol. The molecule has 0 bridgehead atoms.